The number of aryl methyl sites for hydroxylation is 1. The van der Waals surface area contributed by atoms with Crippen molar-refractivity contribution in [2.75, 3.05) is 11.4 Å². The molecule has 6 heteroatoms. The zero-order valence-electron chi connectivity index (χ0n) is 16.7. The molecule has 0 aliphatic carbocycles. The molecule has 2 heterocycles. The number of aromatic amines is 1. The van der Waals surface area contributed by atoms with E-state index in [1.807, 2.05) is 11.1 Å². The maximum absolute atomic E-state index is 12.6. The monoisotopic (exact) mass is 452 g/mol. The zero-order valence-corrected chi connectivity index (χ0v) is 18.3. The van der Waals surface area contributed by atoms with Crippen LogP contribution in [0.1, 0.15) is 29.3 Å². The molecule has 29 heavy (non-hydrogen) atoms. The number of rotatable bonds is 4. The molecule has 0 spiro atoms. The largest absolute Gasteiger partial charge is 0.363 e. The molecule has 1 aliphatic heterocycles. The van der Waals surface area contributed by atoms with Crippen molar-refractivity contribution in [2.24, 2.45) is 0 Å². The fourth-order valence-corrected chi connectivity index (χ4v) is 4.52. The van der Waals surface area contributed by atoms with Gasteiger partial charge in [-0.3, -0.25) is 4.79 Å². The van der Waals surface area contributed by atoms with Gasteiger partial charge in [-0.25, -0.2) is 4.98 Å². The molecule has 0 radical (unpaired) electrons. The van der Waals surface area contributed by atoms with E-state index in [1.54, 1.807) is 13.3 Å². The van der Waals surface area contributed by atoms with E-state index < -0.39 is 0 Å². The Morgan fingerprint density at radius 1 is 1.28 bits per heavy atom. The number of halogens is 1. The molecule has 1 aliphatic rings. The second-order valence-electron chi connectivity index (χ2n) is 7.66. The van der Waals surface area contributed by atoms with Gasteiger partial charge in [0.1, 0.15) is 0 Å². The van der Waals surface area contributed by atoms with E-state index in [0.717, 1.165) is 35.2 Å². The summed E-state index contributed by atoms with van der Waals surface area (Å²) in [5, 5.41) is 0. The fraction of sp³-hybridized carbons (Fsp3) is 0.304. The van der Waals surface area contributed by atoms with Crippen LogP contribution in [0.5, 0.6) is 0 Å². The van der Waals surface area contributed by atoms with Crippen molar-refractivity contribution < 1.29 is 4.79 Å². The van der Waals surface area contributed by atoms with Crippen molar-refractivity contribution in [2.45, 2.75) is 39.4 Å². The highest BCUT2D eigenvalue weighted by molar-refractivity contribution is 9.10. The summed E-state index contributed by atoms with van der Waals surface area (Å²) in [4.78, 5) is 24.4. The van der Waals surface area contributed by atoms with Gasteiger partial charge in [0.25, 0.3) is 0 Å². The van der Waals surface area contributed by atoms with Crippen LogP contribution in [0.3, 0.4) is 0 Å². The van der Waals surface area contributed by atoms with Gasteiger partial charge in [-0.05, 0) is 48.2 Å². The minimum atomic E-state index is 0.0858. The number of hydrogen-bond donors (Lipinski definition) is 1. The van der Waals surface area contributed by atoms with Crippen LogP contribution in [-0.2, 0) is 24.3 Å². The minimum absolute atomic E-state index is 0.0858. The van der Waals surface area contributed by atoms with Crippen LogP contribution in [0.4, 0.5) is 5.69 Å². The van der Waals surface area contributed by atoms with Gasteiger partial charge < -0.3 is 14.8 Å². The first-order valence-corrected chi connectivity index (χ1v) is 10.6. The number of nitrogens with zero attached hydrogens (tertiary/aromatic N) is 3. The molecule has 3 aromatic rings. The minimum Gasteiger partial charge on any atom is -0.363 e. The average Bonchev–Trinajstić information content (AvgIpc) is 3.14. The number of carbonyl (C=O) groups is 1. The van der Waals surface area contributed by atoms with E-state index in [4.69, 9.17) is 0 Å². The highest BCUT2D eigenvalue weighted by atomic mass is 79.9. The number of anilines is 1. The highest BCUT2D eigenvalue weighted by Crippen LogP contribution is 2.32. The quantitative estimate of drug-likeness (QED) is 0.635. The lowest BCUT2D eigenvalue weighted by molar-refractivity contribution is -0.131. The molecule has 1 atom stereocenters. The fourth-order valence-electron chi connectivity index (χ4n) is 4.12. The maximum atomic E-state index is 12.6. The number of imidazole rings is 1. The lowest BCUT2D eigenvalue weighted by Gasteiger charge is -2.32. The van der Waals surface area contributed by atoms with E-state index in [9.17, 15) is 4.79 Å². The third kappa shape index (κ3) is 4.37. The molecule has 5 nitrogen and oxygen atoms in total. The van der Waals surface area contributed by atoms with Gasteiger partial charge >= 0.3 is 0 Å². The molecule has 0 bridgehead atoms. The third-order valence-electron chi connectivity index (χ3n) is 5.63. The third-order valence-corrected chi connectivity index (χ3v) is 6.13. The van der Waals surface area contributed by atoms with Gasteiger partial charge in [-0.2, -0.15) is 0 Å². The predicted octanol–water partition coefficient (Wildman–Crippen LogP) is 4.46. The number of aromatic nitrogens is 2. The molecule has 1 unspecified atom stereocenters. The Hall–Kier alpha value is -2.60. The van der Waals surface area contributed by atoms with E-state index >= 15 is 0 Å². The summed E-state index contributed by atoms with van der Waals surface area (Å²) in [5.74, 6) is 0.109. The van der Waals surface area contributed by atoms with E-state index in [1.165, 1.54) is 16.8 Å². The first kappa shape index (κ1) is 19.7. The number of fused-ring (bicyclic) bond motifs is 1. The normalized spacial score (nSPS) is 16.4. The molecule has 1 N–H and O–H groups in total. The summed E-state index contributed by atoms with van der Waals surface area (Å²) in [5.41, 5.74) is 5.94. The molecule has 0 fully saturated rings. The number of benzene rings is 2. The SMILES string of the molecule is CC(=O)N1Cc2cc(Br)ccc2N(Cc2cnc[nH]2)CC1Cc1ccccc1C. The molecular weight excluding hydrogens is 428 g/mol. The molecule has 1 amide bonds. The number of carbonyl (C=O) groups excluding carboxylic acids is 1. The topological polar surface area (TPSA) is 52.2 Å². The van der Waals surface area contributed by atoms with E-state index in [-0.39, 0.29) is 11.9 Å². The molecule has 1 aromatic heterocycles. The summed E-state index contributed by atoms with van der Waals surface area (Å²) in [6.07, 6.45) is 4.41. The van der Waals surface area contributed by atoms with E-state index in [2.05, 4.69) is 80.2 Å². The molecule has 0 saturated heterocycles. The first-order valence-electron chi connectivity index (χ1n) is 9.83. The predicted molar refractivity (Wildman–Crippen MR) is 119 cm³/mol. The van der Waals surface area contributed by atoms with Gasteiger partial charge in [0.05, 0.1) is 24.6 Å². The number of amides is 1. The Morgan fingerprint density at radius 3 is 2.83 bits per heavy atom. The molecule has 2 aromatic carbocycles. The second kappa shape index (κ2) is 8.41. The summed E-state index contributed by atoms with van der Waals surface area (Å²) in [6, 6.07) is 14.9. The summed E-state index contributed by atoms with van der Waals surface area (Å²) < 4.78 is 1.03. The van der Waals surface area contributed by atoms with Gasteiger partial charge in [0.2, 0.25) is 5.91 Å². The summed E-state index contributed by atoms with van der Waals surface area (Å²) in [6.45, 7) is 5.91. The average molecular weight is 453 g/mol. The number of H-pyrrole nitrogens is 1. The Labute approximate surface area is 179 Å². The lowest BCUT2D eigenvalue weighted by atomic mass is 9.99. The first-order chi connectivity index (χ1) is 14.0. The smallest absolute Gasteiger partial charge is 0.220 e. The van der Waals surface area contributed by atoms with Gasteiger partial charge in [0.15, 0.2) is 0 Å². The maximum Gasteiger partial charge on any atom is 0.220 e. The molecule has 0 saturated carbocycles. The Balaban J connectivity index is 1.72. The van der Waals surface area contributed by atoms with E-state index in [0.29, 0.717) is 6.54 Å². The van der Waals surface area contributed by atoms with Gasteiger partial charge in [-0.15, -0.1) is 0 Å². The molecular formula is C23H25BrN4O. The summed E-state index contributed by atoms with van der Waals surface area (Å²) >= 11 is 3.59. The molecule has 4 rings (SSSR count). The standard InChI is InChI=1S/C23H25BrN4O/c1-16-5-3-4-6-18(16)10-22-14-27(13-21-11-25-15-26-21)23-8-7-20(24)9-19(23)12-28(22)17(2)29/h3-9,11,15,22H,10,12-14H2,1-2H3,(H,25,26). The van der Waals surface area contributed by atoms with Crippen LogP contribution in [0, 0.1) is 6.92 Å². The molecule has 150 valence electrons. The van der Waals surface area contributed by atoms with Crippen molar-refractivity contribution in [1.29, 1.82) is 0 Å². The number of hydrogen-bond acceptors (Lipinski definition) is 3. The van der Waals surface area contributed by atoms with Crippen molar-refractivity contribution in [3.63, 3.8) is 0 Å². The van der Waals surface area contributed by atoms with Crippen molar-refractivity contribution in [3.05, 3.63) is 81.8 Å². The second-order valence-corrected chi connectivity index (χ2v) is 8.58. The van der Waals surface area contributed by atoms with Crippen molar-refractivity contribution in [3.8, 4) is 0 Å². The Morgan fingerprint density at radius 2 is 2.10 bits per heavy atom. The van der Waals surface area contributed by atoms with Crippen LogP contribution in [0.2, 0.25) is 0 Å². The van der Waals surface area contributed by atoms with Crippen LogP contribution in [0.25, 0.3) is 0 Å². The number of nitrogens with one attached hydrogen (secondary N) is 1. The van der Waals surface area contributed by atoms with Crippen LogP contribution >= 0.6 is 15.9 Å². The van der Waals surface area contributed by atoms with Crippen LogP contribution < -0.4 is 4.90 Å². The Kier molecular flexibility index (Phi) is 5.72. The summed E-state index contributed by atoms with van der Waals surface area (Å²) in [7, 11) is 0. The highest BCUT2D eigenvalue weighted by Gasteiger charge is 2.30. The van der Waals surface area contributed by atoms with Crippen molar-refractivity contribution in [1.82, 2.24) is 14.9 Å². The van der Waals surface area contributed by atoms with Gasteiger partial charge in [-0.1, -0.05) is 40.2 Å². The van der Waals surface area contributed by atoms with Crippen LogP contribution in [-0.4, -0.2) is 33.4 Å². The Bertz CT molecular complexity index is 1000. The van der Waals surface area contributed by atoms with Crippen LogP contribution in [0.15, 0.2) is 59.5 Å². The van der Waals surface area contributed by atoms with Gasteiger partial charge in [0, 0.05) is 36.4 Å². The lowest BCUT2D eigenvalue weighted by Crippen LogP contribution is -2.45. The van der Waals surface area contributed by atoms with Crippen molar-refractivity contribution >= 4 is 27.5 Å². The zero-order chi connectivity index (χ0) is 20.4.